The number of hydrogen-bond acceptors (Lipinski definition) is 3. The van der Waals surface area contributed by atoms with Crippen molar-refractivity contribution in [3.63, 3.8) is 0 Å². The molecular formula is C17H19NO3. The smallest absolute Gasteiger partial charge is 0.251 e. The molecule has 21 heavy (non-hydrogen) atoms. The van der Waals surface area contributed by atoms with E-state index in [0.29, 0.717) is 5.56 Å². The number of rotatable bonds is 6. The summed E-state index contributed by atoms with van der Waals surface area (Å²) in [6.45, 7) is 0.131. The number of benzene rings is 2. The number of carbonyl (C=O) groups excluding carboxylic acids is 1. The van der Waals surface area contributed by atoms with E-state index in [-0.39, 0.29) is 19.1 Å². The van der Waals surface area contributed by atoms with Crippen molar-refractivity contribution in [3.8, 4) is 11.1 Å². The van der Waals surface area contributed by atoms with E-state index in [4.69, 9.17) is 9.84 Å². The van der Waals surface area contributed by atoms with Gasteiger partial charge in [-0.05, 0) is 23.3 Å². The van der Waals surface area contributed by atoms with Crippen molar-refractivity contribution in [2.75, 3.05) is 20.3 Å². The van der Waals surface area contributed by atoms with Gasteiger partial charge < -0.3 is 15.2 Å². The second-order valence-electron chi connectivity index (χ2n) is 4.75. The maximum absolute atomic E-state index is 12.1. The zero-order chi connectivity index (χ0) is 15.1. The molecule has 0 heterocycles. The Labute approximate surface area is 124 Å². The molecule has 0 radical (unpaired) electrons. The van der Waals surface area contributed by atoms with Crippen molar-refractivity contribution in [1.82, 2.24) is 5.32 Å². The van der Waals surface area contributed by atoms with Crippen molar-refractivity contribution >= 4 is 5.91 Å². The first-order valence-corrected chi connectivity index (χ1v) is 6.80. The summed E-state index contributed by atoms with van der Waals surface area (Å²) in [6.07, 6.45) is 0. The summed E-state index contributed by atoms with van der Waals surface area (Å²) in [5.41, 5.74) is 2.73. The normalized spacial score (nSPS) is 11.9. The van der Waals surface area contributed by atoms with Gasteiger partial charge in [0, 0.05) is 12.7 Å². The molecule has 0 saturated heterocycles. The summed E-state index contributed by atoms with van der Waals surface area (Å²) in [5, 5.41) is 11.9. The van der Waals surface area contributed by atoms with Crippen LogP contribution in [0, 0.1) is 0 Å². The first kappa shape index (κ1) is 15.2. The molecule has 0 spiro atoms. The molecule has 0 saturated carbocycles. The van der Waals surface area contributed by atoms with E-state index in [1.165, 1.54) is 7.11 Å². The van der Waals surface area contributed by atoms with E-state index >= 15 is 0 Å². The van der Waals surface area contributed by atoms with Crippen molar-refractivity contribution in [2.45, 2.75) is 6.04 Å². The Balaban J connectivity index is 2.06. The molecule has 2 aromatic rings. The van der Waals surface area contributed by atoms with Crippen LogP contribution in [-0.2, 0) is 4.74 Å². The minimum Gasteiger partial charge on any atom is -0.394 e. The van der Waals surface area contributed by atoms with Gasteiger partial charge in [0.1, 0.15) is 0 Å². The van der Waals surface area contributed by atoms with E-state index in [0.717, 1.165) is 11.1 Å². The van der Waals surface area contributed by atoms with Crippen LogP contribution in [0.25, 0.3) is 11.1 Å². The maximum Gasteiger partial charge on any atom is 0.251 e. The molecular weight excluding hydrogens is 266 g/mol. The number of methoxy groups -OCH3 is 1. The molecule has 2 N–H and O–H groups in total. The van der Waals surface area contributed by atoms with Crippen molar-refractivity contribution in [3.05, 3.63) is 60.2 Å². The zero-order valence-corrected chi connectivity index (χ0v) is 12.0. The third-order valence-electron chi connectivity index (χ3n) is 3.18. The van der Waals surface area contributed by atoms with Crippen LogP contribution in [0.3, 0.4) is 0 Å². The second kappa shape index (κ2) is 7.57. The molecule has 4 heteroatoms. The van der Waals surface area contributed by atoms with Crippen LogP contribution in [0.15, 0.2) is 54.6 Å². The number of amides is 1. The molecule has 0 aliphatic rings. The summed E-state index contributed by atoms with van der Waals surface area (Å²) in [5.74, 6) is -0.217. The van der Waals surface area contributed by atoms with Crippen LogP contribution < -0.4 is 5.32 Å². The van der Waals surface area contributed by atoms with Gasteiger partial charge in [-0.25, -0.2) is 0 Å². The van der Waals surface area contributed by atoms with Gasteiger partial charge in [0.2, 0.25) is 0 Å². The fourth-order valence-electron chi connectivity index (χ4n) is 2.05. The average molecular weight is 285 g/mol. The Bertz CT molecular complexity index is 566. The molecule has 0 fully saturated rings. The molecule has 110 valence electrons. The fourth-order valence-corrected chi connectivity index (χ4v) is 2.05. The highest BCUT2D eigenvalue weighted by Gasteiger charge is 2.12. The van der Waals surface area contributed by atoms with Crippen molar-refractivity contribution in [1.29, 1.82) is 0 Å². The first-order valence-electron chi connectivity index (χ1n) is 6.80. The van der Waals surface area contributed by atoms with Crippen molar-refractivity contribution in [2.24, 2.45) is 0 Å². The monoisotopic (exact) mass is 285 g/mol. The van der Waals surface area contributed by atoms with Gasteiger partial charge in [-0.15, -0.1) is 0 Å². The average Bonchev–Trinajstić information content (AvgIpc) is 2.55. The van der Waals surface area contributed by atoms with Crippen LogP contribution in [-0.4, -0.2) is 37.4 Å². The van der Waals surface area contributed by atoms with Crippen LogP contribution >= 0.6 is 0 Å². The molecule has 2 rings (SSSR count). The SMILES string of the molecule is COCC(CO)NC(=O)c1ccc(-c2ccccc2)cc1. The zero-order valence-electron chi connectivity index (χ0n) is 12.0. The van der Waals surface area contributed by atoms with Gasteiger partial charge >= 0.3 is 0 Å². The van der Waals surface area contributed by atoms with Gasteiger partial charge in [-0.1, -0.05) is 42.5 Å². The van der Waals surface area contributed by atoms with Gasteiger partial charge in [-0.3, -0.25) is 4.79 Å². The standard InChI is InChI=1S/C17H19NO3/c1-21-12-16(11-19)18-17(20)15-9-7-14(8-10-15)13-5-3-2-4-6-13/h2-10,16,19H,11-12H2,1H3,(H,18,20). The summed E-state index contributed by atoms with van der Waals surface area (Å²) < 4.78 is 4.93. The number of ether oxygens (including phenoxy) is 1. The number of nitrogens with one attached hydrogen (secondary N) is 1. The summed E-state index contributed by atoms with van der Waals surface area (Å²) in [4.78, 5) is 12.1. The van der Waals surface area contributed by atoms with E-state index in [1.807, 2.05) is 42.5 Å². The maximum atomic E-state index is 12.1. The third-order valence-corrected chi connectivity index (χ3v) is 3.18. The predicted octanol–water partition coefficient (Wildman–Crippen LogP) is 2.09. The van der Waals surface area contributed by atoms with Crippen LogP contribution in [0.1, 0.15) is 10.4 Å². The van der Waals surface area contributed by atoms with Gasteiger partial charge in [0.25, 0.3) is 5.91 Å². The van der Waals surface area contributed by atoms with Crippen LogP contribution in [0.2, 0.25) is 0 Å². The largest absolute Gasteiger partial charge is 0.394 e. The van der Waals surface area contributed by atoms with Gasteiger partial charge in [-0.2, -0.15) is 0 Å². The highest BCUT2D eigenvalue weighted by Crippen LogP contribution is 2.19. The molecule has 0 aliphatic heterocycles. The Kier molecular flexibility index (Phi) is 5.49. The number of hydrogen-bond donors (Lipinski definition) is 2. The lowest BCUT2D eigenvalue weighted by Crippen LogP contribution is -2.40. The third kappa shape index (κ3) is 4.15. The Morgan fingerprint density at radius 3 is 2.29 bits per heavy atom. The number of aliphatic hydroxyl groups excluding tert-OH is 1. The predicted molar refractivity (Wildman–Crippen MR) is 82.1 cm³/mol. The molecule has 1 atom stereocenters. The molecule has 4 nitrogen and oxygen atoms in total. The molecule has 0 bridgehead atoms. The Morgan fingerprint density at radius 1 is 1.10 bits per heavy atom. The van der Waals surface area contributed by atoms with E-state index in [9.17, 15) is 4.79 Å². The minimum atomic E-state index is -0.392. The lowest BCUT2D eigenvalue weighted by atomic mass is 10.0. The van der Waals surface area contributed by atoms with Crippen LogP contribution in [0.4, 0.5) is 0 Å². The Morgan fingerprint density at radius 2 is 1.71 bits per heavy atom. The molecule has 2 aromatic carbocycles. The first-order chi connectivity index (χ1) is 10.2. The van der Waals surface area contributed by atoms with Crippen molar-refractivity contribution < 1.29 is 14.6 Å². The van der Waals surface area contributed by atoms with Crippen LogP contribution in [0.5, 0.6) is 0 Å². The summed E-state index contributed by atoms with van der Waals surface area (Å²) in [6, 6.07) is 17.0. The van der Waals surface area contributed by atoms with E-state index in [1.54, 1.807) is 12.1 Å². The minimum absolute atomic E-state index is 0.151. The van der Waals surface area contributed by atoms with Gasteiger partial charge in [0.15, 0.2) is 0 Å². The fraction of sp³-hybridized carbons (Fsp3) is 0.235. The lowest BCUT2D eigenvalue weighted by Gasteiger charge is -2.15. The second-order valence-corrected chi connectivity index (χ2v) is 4.75. The quantitative estimate of drug-likeness (QED) is 0.854. The topological polar surface area (TPSA) is 58.6 Å². The molecule has 1 unspecified atom stereocenters. The number of carbonyl (C=O) groups is 1. The number of aliphatic hydroxyl groups is 1. The highest BCUT2D eigenvalue weighted by atomic mass is 16.5. The van der Waals surface area contributed by atoms with E-state index < -0.39 is 6.04 Å². The van der Waals surface area contributed by atoms with E-state index in [2.05, 4.69) is 5.32 Å². The molecule has 1 amide bonds. The Hall–Kier alpha value is -2.17. The summed E-state index contributed by atoms with van der Waals surface area (Å²) >= 11 is 0. The molecule has 0 aromatic heterocycles. The summed E-state index contributed by atoms with van der Waals surface area (Å²) in [7, 11) is 1.53. The highest BCUT2D eigenvalue weighted by molar-refractivity contribution is 5.94. The lowest BCUT2D eigenvalue weighted by molar-refractivity contribution is 0.0839. The molecule has 0 aliphatic carbocycles. The van der Waals surface area contributed by atoms with Gasteiger partial charge in [0.05, 0.1) is 19.3 Å².